The van der Waals surface area contributed by atoms with Crippen molar-refractivity contribution in [2.24, 2.45) is 0 Å². The maximum Gasteiger partial charge on any atom is 0.258 e. The Hall–Kier alpha value is -3.85. The number of carbonyl (C=O) groups is 1. The average Bonchev–Trinajstić information content (AvgIpc) is 2.83. The minimum Gasteiger partial charge on any atom is -0.484 e. The minimum absolute atomic E-state index is 0.0408. The highest BCUT2D eigenvalue weighted by Gasteiger charge is 2.16. The standard InChI is InChI=1S/C27H23NO2/c29-26(20-30-25-18-16-22(17-19-25)21-10-4-1-5-11-21)28-27(23-12-6-2-7-13-23)24-14-8-3-9-15-24/h1-19,27H,20H2,(H,28,29). The first-order chi connectivity index (χ1) is 14.8. The molecule has 1 amide bonds. The molecule has 148 valence electrons. The van der Waals surface area contributed by atoms with E-state index in [-0.39, 0.29) is 18.6 Å². The minimum atomic E-state index is -0.219. The van der Waals surface area contributed by atoms with Gasteiger partial charge in [-0.2, -0.15) is 0 Å². The second-order valence-corrected chi connectivity index (χ2v) is 7.00. The lowest BCUT2D eigenvalue weighted by Gasteiger charge is -2.20. The molecule has 4 aromatic carbocycles. The Morgan fingerprint density at radius 2 is 1.10 bits per heavy atom. The van der Waals surface area contributed by atoms with Crippen molar-refractivity contribution in [1.82, 2.24) is 5.32 Å². The van der Waals surface area contributed by atoms with Crippen LogP contribution in [0, 0.1) is 0 Å². The Labute approximate surface area is 177 Å². The maximum absolute atomic E-state index is 12.6. The Bertz CT molecular complexity index is 1020. The lowest BCUT2D eigenvalue weighted by molar-refractivity contribution is -0.123. The maximum atomic E-state index is 12.6. The van der Waals surface area contributed by atoms with Gasteiger partial charge in [-0.25, -0.2) is 0 Å². The van der Waals surface area contributed by atoms with Crippen LogP contribution in [0.2, 0.25) is 0 Å². The molecule has 0 aliphatic carbocycles. The quantitative estimate of drug-likeness (QED) is 0.441. The molecule has 0 heterocycles. The van der Waals surface area contributed by atoms with Gasteiger partial charge in [0, 0.05) is 0 Å². The van der Waals surface area contributed by atoms with Crippen LogP contribution in [0.4, 0.5) is 0 Å². The fourth-order valence-corrected chi connectivity index (χ4v) is 3.38. The molecule has 3 heteroatoms. The smallest absolute Gasteiger partial charge is 0.258 e. The second kappa shape index (κ2) is 9.57. The van der Waals surface area contributed by atoms with E-state index in [2.05, 4.69) is 17.4 Å². The van der Waals surface area contributed by atoms with Crippen molar-refractivity contribution in [1.29, 1.82) is 0 Å². The van der Waals surface area contributed by atoms with Crippen LogP contribution >= 0.6 is 0 Å². The number of hydrogen-bond acceptors (Lipinski definition) is 2. The van der Waals surface area contributed by atoms with Crippen LogP contribution in [-0.4, -0.2) is 12.5 Å². The van der Waals surface area contributed by atoms with Crippen LogP contribution in [0.25, 0.3) is 11.1 Å². The molecule has 0 aliphatic heterocycles. The summed E-state index contributed by atoms with van der Waals surface area (Å²) in [5.41, 5.74) is 4.32. The predicted octanol–water partition coefficient (Wildman–Crippen LogP) is 5.64. The fraction of sp³-hybridized carbons (Fsp3) is 0.0741. The molecule has 0 saturated carbocycles. The highest BCUT2D eigenvalue weighted by molar-refractivity contribution is 5.78. The fourth-order valence-electron chi connectivity index (χ4n) is 3.38. The summed E-state index contributed by atoms with van der Waals surface area (Å²) in [6.45, 7) is -0.0408. The van der Waals surface area contributed by atoms with E-state index in [1.165, 1.54) is 0 Å². The Morgan fingerprint density at radius 1 is 0.633 bits per heavy atom. The van der Waals surface area contributed by atoms with Gasteiger partial charge in [0.05, 0.1) is 6.04 Å². The summed E-state index contributed by atoms with van der Waals surface area (Å²) in [6, 6.07) is 37.6. The van der Waals surface area contributed by atoms with Gasteiger partial charge in [0.1, 0.15) is 5.75 Å². The number of nitrogens with one attached hydrogen (secondary N) is 1. The zero-order valence-electron chi connectivity index (χ0n) is 16.6. The van der Waals surface area contributed by atoms with Gasteiger partial charge in [-0.05, 0) is 34.4 Å². The number of hydrogen-bond donors (Lipinski definition) is 1. The lowest BCUT2D eigenvalue weighted by atomic mass is 9.99. The third-order valence-electron chi connectivity index (χ3n) is 4.90. The molecule has 0 aromatic heterocycles. The number of rotatable bonds is 7. The van der Waals surface area contributed by atoms with E-state index in [4.69, 9.17) is 4.74 Å². The third-order valence-corrected chi connectivity index (χ3v) is 4.90. The molecule has 4 rings (SSSR count). The number of ether oxygens (including phenoxy) is 1. The third kappa shape index (κ3) is 4.95. The van der Waals surface area contributed by atoms with Crippen molar-refractivity contribution in [2.75, 3.05) is 6.61 Å². The van der Waals surface area contributed by atoms with Crippen LogP contribution in [-0.2, 0) is 4.79 Å². The molecule has 0 spiro atoms. The van der Waals surface area contributed by atoms with Crippen LogP contribution in [0.3, 0.4) is 0 Å². The largest absolute Gasteiger partial charge is 0.484 e. The molecule has 0 radical (unpaired) electrons. The van der Waals surface area contributed by atoms with Crippen LogP contribution < -0.4 is 10.1 Å². The highest BCUT2D eigenvalue weighted by atomic mass is 16.5. The summed E-state index contributed by atoms with van der Waals surface area (Å²) >= 11 is 0. The zero-order valence-corrected chi connectivity index (χ0v) is 16.6. The molecule has 0 fully saturated rings. The highest BCUT2D eigenvalue weighted by Crippen LogP contribution is 2.23. The number of benzene rings is 4. The summed E-state index contributed by atoms with van der Waals surface area (Å²) in [5, 5.41) is 3.09. The average molecular weight is 393 g/mol. The molecule has 4 aromatic rings. The van der Waals surface area contributed by atoms with Crippen LogP contribution in [0.1, 0.15) is 17.2 Å². The first kappa shape index (κ1) is 19.5. The Balaban J connectivity index is 1.40. The molecular formula is C27H23NO2. The van der Waals surface area contributed by atoms with Gasteiger partial charge in [0.2, 0.25) is 0 Å². The van der Waals surface area contributed by atoms with Crippen molar-refractivity contribution in [3.63, 3.8) is 0 Å². The van der Waals surface area contributed by atoms with Crippen LogP contribution in [0.15, 0.2) is 115 Å². The second-order valence-electron chi connectivity index (χ2n) is 7.00. The van der Waals surface area contributed by atoms with Crippen molar-refractivity contribution < 1.29 is 9.53 Å². The van der Waals surface area contributed by atoms with Crippen molar-refractivity contribution >= 4 is 5.91 Å². The van der Waals surface area contributed by atoms with E-state index >= 15 is 0 Å². The van der Waals surface area contributed by atoms with Gasteiger partial charge in [-0.3, -0.25) is 4.79 Å². The molecule has 0 unspecified atom stereocenters. The monoisotopic (exact) mass is 393 g/mol. The molecule has 0 saturated heterocycles. The molecular weight excluding hydrogens is 370 g/mol. The summed E-state index contributed by atoms with van der Waals surface area (Å²) in [7, 11) is 0. The molecule has 30 heavy (non-hydrogen) atoms. The predicted molar refractivity (Wildman–Crippen MR) is 120 cm³/mol. The van der Waals surface area contributed by atoms with Crippen molar-refractivity contribution in [2.45, 2.75) is 6.04 Å². The molecule has 3 nitrogen and oxygen atoms in total. The van der Waals surface area contributed by atoms with Gasteiger partial charge in [-0.15, -0.1) is 0 Å². The Kier molecular flexibility index (Phi) is 6.21. The number of amides is 1. The summed E-state index contributed by atoms with van der Waals surface area (Å²) < 4.78 is 5.72. The molecule has 0 bridgehead atoms. The van der Waals surface area contributed by atoms with Crippen LogP contribution in [0.5, 0.6) is 5.75 Å². The van der Waals surface area contributed by atoms with Gasteiger partial charge in [0.15, 0.2) is 6.61 Å². The first-order valence-corrected chi connectivity index (χ1v) is 9.97. The van der Waals surface area contributed by atoms with E-state index in [0.717, 1.165) is 22.3 Å². The van der Waals surface area contributed by atoms with Gasteiger partial charge in [0.25, 0.3) is 5.91 Å². The van der Waals surface area contributed by atoms with E-state index in [9.17, 15) is 4.79 Å². The van der Waals surface area contributed by atoms with E-state index < -0.39 is 0 Å². The molecule has 0 aliphatic rings. The number of carbonyl (C=O) groups excluding carboxylic acids is 1. The topological polar surface area (TPSA) is 38.3 Å². The SMILES string of the molecule is O=C(COc1ccc(-c2ccccc2)cc1)NC(c1ccccc1)c1ccccc1. The van der Waals surface area contributed by atoms with Crippen molar-refractivity contribution in [3.05, 3.63) is 126 Å². The van der Waals surface area contributed by atoms with Gasteiger partial charge < -0.3 is 10.1 Å². The van der Waals surface area contributed by atoms with Gasteiger partial charge >= 0.3 is 0 Å². The Morgan fingerprint density at radius 3 is 1.63 bits per heavy atom. The van der Waals surface area contributed by atoms with E-state index in [1.807, 2.05) is 103 Å². The first-order valence-electron chi connectivity index (χ1n) is 9.97. The van der Waals surface area contributed by atoms with E-state index in [1.54, 1.807) is 0 Å². The summed E-state index contributed by atoms with van der Waals surface area (Å²) in [5.74, 6) is 0.501. The molecule has 0 atom stereocenters. The summed E-state index contributed by atoms with van der Waals surface area (Å²) in [4.78, 5) is 12.6. The normalized spacial score (nSPS) is 10.6. The summed E-state index contributed by atoms with van der Waals surface area (Å²) in [6.07, 6.45) is 0. The molecule has 1 N–H and O–H groups in total. The van der Waals surface area contributed by atoms with Gasteiger partial charge in [-0.1, -0.05) is 103 Å². The lowest BCUT2D eigenvalue weighted by Crippen LogP contribution is -2.33. The van der Waals surface area contributed by atoms with E-state index in [0.29, 0.717) is 5.75 Å². The zero-order chi connectivity index (χ0) is 20.6. The van der Waals surface area contributed by atoms with Crippen molar-refractivity contribution in [3.8, 4) is 16.9 Å².